The molecule has 0 unspecified atom stereocenters. The summed E-state index contributed by atoms with van der Waals surface area (Å²) in [5.41, 5.74) is 0.891. The van der Waals surface area contributed by atoms with Crippen molar-refractivity contribution in [3.8, 4) is 11.3 Å². The number of anilines is 1. The molecule has 1 fully saturated rings. The Morgan fingerprint density at radius 2 is 2.23 bits per heavy atom. The van der Waals surface area contributed by atoms with Gasteiger partial charge in [0.1, 0.15) is 16.3 Å². The van der Waals surface area contributed by atoms with E-state index in [1.165, 1.54) is 42.2 Å². The van der Waals surface area contributed by atoms with Crippen molar-refractivity contribution in [3.63, 3.8) is 0 Å². The van der Waals surface area contributed by atoms with Crippen molar-refractivity contribution in [2.45, 2.75) is 43.8 Å². The largest absolute Gasteiger partial charge is 0.464 e. The van der Waals surface area contributed by atoms with E-state index in [4.69, 9.17) is 9.15 Å². The van der Waals surface area contributed by atoms with Crippen LogP contribution < -0.4 is 5.32 Å². The molecule has 158 valence electrons. The second kappa shape index (κ2) is 9.43. The van der Waals surface area contributed by atoms with Crippen LogP contribution in [0.25, 0.3) is 11.3 Å². The van der Waals surface area contributed by atoms with E-state index in [0.717, 1.165) is 12.8 Å². The average molecular weight is 448 g/mol. The number of nitrogens with one attached hydrogen (secondary N) is 1. The SMILES string of the molecule is CCOC(=O)c1c(-c2ccco2)csc1NC(=O)CSc1nnnn1C1CCCC1. The van der Waals surface area contributed by atoms with E-state index in [1.807, 2.05) is 4.68 Å². The average Bonchev–Trinajstić information content (AvgIpc) is 3.53. The molecule has 4 rings (SSSR count). The van der Waals surface area contributed by atoms with Gasteiger partial charge in [-0.25, -0.2) is 9.48 Å². The topological polar surface area (TPSA) is 112 Å². The number of hydrogen-bond donors (Lipinski definition) is 1. The van der Waals surface area contributed by atoms with Gasteiger partial charge in [-0.3, -0.25) is 4.79 Å². The van der Waals surface area contributed by atoms with Crippen molar-refractivity contribution in [1.29, 1.82) is 0 Å². The zero-order chi connectivity index (χ0) is 20.9. The fraction of sp³-hybridized carbons (Fsp3) is 0.421. The van der Waals surface area contributed by atoms with Crippen LogP contribution in [0, 0.1) is 0 Å². The van der Waals surface area contributed by atoms with Gasteiger partial charge in [-0.2, -0.15) is 0 Å². The number of carbonyl (C=O) groups is 2. The predicted octanol–water partition coefficient (Wildman–Crippen LogP) is 4.02. The first kappa shape index (κ1) is 20.6. The Hall–Kier alpha value is -2.66. The van der Waals surface area contributed by atoms with Crippen LogP contribution in [-0.4, -0.2) is 44.4 Å². The minimum Gasteiger partial charge on any atom is -0.464 e. The van der Waals surface area contributed by atoms with E-state index in [1.54, 1.807) is 24.4 Å². The molecule has 3 heterocycles. The van der Waals surface area contributed by atoms with E-state index in [9.17, 15) is 9.59 Å². The lowest BCUT2D eigenvalue weighted by atomic mass is 10.1. The summed E-state index contributed by atoms with van der Waals surface area (Å²) in [5.74, 6) is -0.0823. The number of hydrogen-bond acceptors (Lipinski definition) is 9. The fourth-order valence-corrected chi connectivity index (χ4v) is 5.12. The van der Waals surface area contributed by atoms with E-state index in [0.29, 0.717) is 33.1 Å². The molecular weight excluding hydrogens is 426 g/mol. The second-order valence-electron chi connectivity index (χ2n) is 6.73. The molecule has 1 amide bonds. The molecule has 0 aromatic carbocycles. The minimum absolute atomic E-state index is 0.128. The van der Waals surface area contributed by atoms with Gasteiger partial charge >= 0.3 is 5.97 Å². The Bertz CT molecular complexity index is 1010. The van der Waals surface area contributed by atoms with Crippen molar-refractivity contribution >= 4 is 40.0 Å². The number of amides is 1. The maximum absolute atomic E-state index is 12.6. The summed E-state index contributed by atoms with van der Waals surface area (Å²) in [7, 11) is 0. The summed E-state index contributed by atoms with van der Waals surface area (Å²) < 4.78 is 12.4. The van der Waals surface area contributed by atoms with Crippen LogP contribution in [0.15, 0.2) is 33.3 Å². The monoisotopic (exact) mass is 447 g/mol. The van der Waals surface area contributed by atoms with Crippen molar-refractivity contribution in [2.24, 2.45) is 0 Å². The molecule has 30 heavy (non-hydrogen) atoms. The third-order valence-electron chi connectivity index (χ3n) is 4.78. The first-order valence-corrected chi connectivity index (χ1v) is 11.6. The maximum atomic E-state index is 12.6. The molecule has 0 aliphatic heterocycles. The Morgan fingerprint density at radius 1 is 1.40 bits per heavy atom. The number of ether oxygens (including phenoxy) is 1. The van der Waals surface area contributed by atoms with Crippen LogP contribution in [0.1, 0.15) is 49.0 Å². The van der Waals surface area contributed by atoms with Gasteiger partial charge in [0, 0.05) is 10.9 Å². The summed E-state index contributed by atoms with van der Waals surface area (Å²) in [5, 5.41) is 17.5. The molecule has 9 nitrogen and oxygen atoms in total. The third kappa shape index (κ3) is 4.41. The number of thioether (sulfide) groups is 1. The van der Waals surface area contributed by atoms with Crippen LogP contribution in [-0.2, 0) is 9.53 Å². The Labute approximate surface area is 181 Å². The summed E-state index contributed by atoms with van der Waals surface area (Å²) in [6.45, 7) is 1.97. The molecule has 1 N–H and O–H groups in total. The highest BCUT2D eigenvalue weighted by atomic mass is 32.2. The number of nitrogens with zero attached hydrogens (tertiary/aromatic N) is 4. The molecule has 0 saturated heterocycles. The van der Waals surface area contributed by atoms with Gasteiger partial charge in [0.2, 0.25) is 11.1 Å². The van der Waals surface area contributed by atoms with Crippen molar-refractivity contribution in [2.75, 3.05) is 17.7 Å². The van der Waals surface area contributed by atoms with E-state index >= 15 is 0 Å². The van der Waals surface area contributed by atoms with Crippen LogP contribution in [0.5, 0.6) is 0 Å². The van der Waals surface area contributed by atoms with Crippen LogP contribution in [0.3, 0.4) is 0 Å². The zero-order valence-corrected chi connectivity index (χ0v) is 18.0. The first-order chi connectivity index (χ1) is 14.7. The van der Waals surface area contributed by atoms with Crippen LogP contribution in [0.4, 0.5) is 5.00 Å². The quantitative estimate of drug-likeness (QED) is 0.407. The number of tetrazole rings is 1. The highest BCUT2D eigenvalue weighted by Crippen LogP contribution is 2.37. The molecule has 0 radical (unpaired) electrons. The summed E-state index contributed by atoms with van der Waals surface area (Å²) in [6.07, 6.45) is 5.98. The molecular formula is C19H21N5O4S2. The van der Waals surface area contributed by atoms with Gasteiger partial charge < -0.3 is 14.5 Å². The lowest BCUT2D eigenvalue weighted by molar-refractivity contribution is -0.113. The lowest BCUT2D eigenvalue weighted by Crippen LogP contribution is -2.17. The molecule has 0 bridgehead atoms. The molecule has 11 heteroatoms. The fourth-order valence-electron chi connectivity index (χ4n) is 3.42. The normalized spacial score (nSPS) is 14.2. The summed E-state index contributed by atoms with van der Waals surface area (Å²) in [6, 6.07) is 3.80. The van der Waals surface area contributed by atoms with Crippen molar-refractivity contribution in [1.82, 2.24) is 20.2 Å². The summed E-state index contributed by atoms with van der Waals surface area (Å²) in [4.78, 5) is 25.1. The van der Waals surface area contributed by atoms with E-state index in [-0.39, 0.29) is 18.3 Å². The molecule has 0 spiro atoms. The molecule has 1 saturated carbocycles. The van der Waals surface area contributed by atoms with Crippen LogP contribution in [0.2, 0.25) is 0 Å². The second-order valence-corrected chi connectivity index (χ2v) is 8.55. The Balaban J connectivity index is 1.46. The molecule has 1 aliphatic rings. The van der Waals surface area contributed by atoms with Gasteiger partial charge in [-0.1, -0.05) is 24.6 Å². The molecule has 3 aromatic rings. The lowest BCUT2D eigenvalue weighted by Gasteiger charge is -2.11. The molecule has 1 aliphatic carbocycles. The standard InChI is InChI=1S/C19H21N5O4S2/c1-2-27-18(26)16-13(14-8-5-9-28-14)10-29-17(16)20-15(25)11-30-19-21-22-23-24(19)12-6-3-4-7-12/h5,8-10,12H,2-4,6-7,11H2,1H3,(H,20,25). The number of thiophene rings is 1. The zero-order valence-electron chi connectivity index (χ0n) is 16.4. The highest BCUT2D eigenvalue weighted by molar-refractivity contribution is 7.99. The van der Waals surface area contributed by atoms with E-state index < -0.39 is 5.97 Å². The molecule has 0 atom stereocenters. The number of furan rings is 1. The van der Waals surface area contributed by atoms with E-state index in [2.05, 4.69) is 20.8 Å². The molecule has 3 aromatic heterocycles. The van der Waals surface area contributed by atoms with Crippen LogP contribution >= 0.6 is 23.1 Å². The summed E-state index contributed by atoms with van der Waals surface area (Å²) >= 11 is 2.54. The minimum atomic E-state index is -0.502. The first-order valence-electron chi connectivity index (χ1n) is 9.70. The highest BCUT2D eigenvalue weighted by Gasteiger charge is 2.25. The van der Waals surface area contributed by atoms with Crippen molar-refractivity contribution in [3.05, 3.63) is 29.3 Å². The predicted molar refractivity (Wildman–Crippen MR) is 113 cm³/mol. The van der Waals surface area contributed by atoms with Gasteiger partial charge in [0.05, 0.1) is 24.7 Å². The number of carbonyl (C=O) groups excluding carboxylic acids is 2. The smallest absolute Gasteiger partial charge is 0.341 e. The Kier molecular flexibility index (Phi) is 6.48. The van der Waals surface area contributed by atoms with Gasteiger partial charge in [-0.15, -0.1) is 16.4 Å². The van der Waals surface area contributed by atoms with Crippen molar-refractivity contribution < 1.29 is 18.7 Å². The third-order valence-corrected chi connectivity index (χ3v) is 6.60. The van der Waals surface area contributed by atoms with Gasteiger partial charge in [0.25, 0.3) is 0 Å². The number of aromatic nitrogens is 4. The number of esters is 1. The Morgan fingerprint density at radius 3 is 2.97 bits per heavy atom. The number of rotatable bonds is 8. The maximum Gasteiger partial charge on any atom is 0.341 e. The van der Waals surface area contributed by atoms with Gasteiger partial charge in [0.15, 0.2) is 0 Å². The van der Waals surface area contributed by atoms with Gasteiger partial charge in [-0.05, 0) is 42.3 Å².